The predicted octanol–water partition coefficient (Wildman–Crippen LogP) is 1.43. The second-order valence-corrected chi connectivity index (χ2v) is 5.63. The topological polar surface area (TPSA) is 62.5 Å². The second-order valence-electron chi connectivity index (χ2n) is 5.63. The molecule has 0 radical (unpaired) electrons. The van der Waals surface area contributed by atoms with E-state index in [0.717, 1.165) is 37.2 Å². The van der Waals surface area contributed by atoms with Gasteiger partial charge in [-0.3, -0.25) is 9.59 Å². The Bertz CT molecular complexity index is 577. The molecule has 5 heteroatoms. The highest BCUT2D eigenvalue weighted by molar-refractivity contribution is 5.70. The number of nitrogens with zero attached hydrogens (tertiary/aromatic N) is 2. The number of hydrogen-bond acceptors (Lipinski definition) is 3. The third-order valence-corrected chi connectivity index (χ3v) is 4.05. The summed E-state index contributed by atoms with van der Waals surface area (Å²) in [6.45, 7) is 5.77. The molecule has 1 atom stereocenters. The molecule has 2 rings (SSSR count). The van der Waals surface area contributed by atoms with Gasteiger partial charge in [0.25, 0.3) is 5.56 Å². The third kappa shape index (κ3) is 2.77. The van der Waals surface area contributed by atoms with Gasteiger partial charge in [-0.25, -0.2) is 0 Å². The standard InChI is InChI=1S/C15H22N2O3/c1-4-10(2)17-13-5-6-16(3)9-12(13)7-11(15(17)20)8-14(18)19/h7,10H,4-6,8-9H2,1-3H3,(H,18,19). The lowest BCUT2D eigenvalue weighted by Gasteiger charge is -2.30. The van der Waals surface area contributed by atoms with Crippen LogP contribution in [0.5, 0.6) is 0 Å². The van der Waals surface area contributed by atoms with E-state index in [4.69, 9.17) is 5.11 Å². The molecule has 0 fully saturated rings. The molecule has 110 valence electrons. The Balaban J connectivity index is 2.60. The number of carbonyl (C=O) groups is 1. The van der Waals surface area contributed by atoms with Crippen LogP contribution in [0.3, 0.4) is 0 Å². The van der Waals surface area contributed by atoms with Crippen LogP contribution >= 0.6 is 0 Å². The van der Waals surface area contributed by atoms with Gasteiger partial charge in [0.05, 0.1) is 6.42 Å². The first-order chi connectivity index (χ1) is 9.43. The molecule has 1 unspecified atom stereocenters. The van der Waals surface area contributed by atoms with E-state index in [1.807, 2.05) is 25.5 Å². The van der Waals surface area contributed by atoms with Crippen LogP contribution in [0.4, 0.5) is 0 Å². The normalized spacial score (nSPS) is 16.8. The smallest absolute Gasteiger partial charge is 0.308 e. The fraction of sp³-hybridized carbons (Fsp3) is 0.600. The highest BCUT2D eigenvalue weighted by atomic mass is 16.4. The Labute approximate surface area is 118 Å². The van der Waals surface area contributed by atoms with E-state index in [0.29, 0.717) is 5.56 Å². The van der Waals surface area contributed by atoms with Gasteiger partial charge in [0.2, 0.25) is 0 Å². The van der Waals surface area contributed by atoms with Crippen LogP contribution in [0.15, 0.2) is 10.9 Å². The van der Waals surface area contributed by atoms with Crippen molar-refractivity contribution in [3.63, 3.8) is 0 Å². The first kappa shape index (κ1) is 14.8. The maximum absolute atomic E-state index is 12.5. The van der Waals surface area contributed by atoms with E-state index in [1.54, 1.807) is 6.07 Å². The van der Waals surface area contributed by atoms with Crippen LogP contribution in [-0.2, 0) is 24.2 Å². The number of carboxylic acids is 1. The Hall–Kier alpha value is -1.62. The molecule has 1 aromatic heterocycles. The summed E-state index contributed by atoms with van der Waals surface area (Å²) in [5, 5.41) is 8.98. The van der Waals surface area contributed by atoms with Crippen molar-refractivity contribution in [1.82, 2.24) is 9.47 Å². The average Bonchev–Trinajstić information content (AvgIpc) is 2.38. The molecule has 0 aromatic carbocycles. The van der Waals surface area contributed by atoms with Crippen LogP contribution in [0.25, 0.3) is 0 Å². The SMILES string of the molecule is CCC(C)n1c2c(cc(CC(=O)O)c1=O)CN(C)CC2. The summed E-state index contributed by atoms with van der Waals surface area (Å²) in [5.41, 5.74) is 2.43. The molecule has 1 aliphatic rings. The Morgan fingerprint density at radius 2 is 2.20 bits per heavy atom. The van der Waals surface area contributed by atoms with Gasteiger partial charge in [0, 0.05) is 36.8 Å². The van der Waals surface area contributed by atoms with Gasteiger partial charge >= 0.3 is 5.97 Å². The van der Waals surface area contributed by atoms with E-state index in [1.165, 1.54) is 0 Å². The van der Waals surface area contributed by atoms with E-state index in [2.05, 4.69) is 4.90 Å². The largest absolute Gasteiger partial charge is 0.481 e. The van der Waals surface area contributed by atoms with E-state index < -0.39 is 5.97 Å². The molecule has 0 aliphatic carbocycles. The molecule has 0 bridgehead atoms. The molecular formula is C15H22N2O3. The number of hydrogen-bond donors (Lipinski definition) is 1. The lowest BCUT2D eigenvalue weighted by molar-refractivity contribution is -0.136. The van der Waals surface area contributed by atoms with Crippen molar-refractivity contribution in [2.75, 3.05) is 13.6 Å². The Morgan fingerprint density at radius 3 is 2.80 bits per heavy atom. The number of carboxylic acid groups (broad SMARTS) is 1. The van der Waals surface area contributed by atoms with Crippen LogP contribution in [0, 0.1) is 0 Å². The van der Waals surface area contributed by atoms with Gasteiger partial charge in [0.15, 0.2) is 0 Å². The number of likely N-dealkylation sites (N-methyl/N-ethyl adjacent to an activating group) is 1. The molecule has 0 amide bonds. The van der Waals surface area contributed by atoms with Crippen molar-refractivity contribution < 1.29 is 9.90 Å². The quantitative estimate of drug-likeness (QED) is 0.905. The van der Waals surface area contributed by atoms with Gasteiger partial charge in [0.1, 0.15) is 0 Å². The minimum Gasteiger partial charge on any atom is -0.481 e. The fourth-order valence-electron chi connectivity index (χ4n) is 2.81. The summed E-state index contributed by atoms with van der Waals surface area (Å²) in [6, 6.07) is 1.90. The maximum atomic E-state index is 12.5. The monoisotopic (exact) mass is 278 g/mol. The highest BCUT2D eigenvalue weighted by Gasteiger charge is 2.22. The molecule has 1 aliphatic heterocycles. The number of rotatable bonds is 4. The second kappa shape index (κ2) is 5.79. The lowest BCUT2D eigenvalue weighted by Crippen LogP contribution is -2.37. The van der Waals surface area contributed by atoms with Crippen molar-refractivity contribution in [2.45, 2.75) is 45.7 Å². The molecule has 5 nitrogen and oxygen atoms in total. The molecule has 0 saturated heterocycles. The molecule has 0 saturated carbocycles. The molecule has 1 N–H and O–H groups in total. The van der Waals surface area contributed by atoms with Crippen LogP contribution < -0.4 is 5.56 Å². The zero-order valence-corrected chi connectivity index (χ0v) is 12.3. The lowest BCUT2D eigenvalue weighted by atomic mass is 10.0. The summed E-state index contributed by atoms with van der Waals surface area (Å²) in [4.78, 5) is 25.7. The molecule has 20 heavy (non-hydrogen) atoms. The summed E-state index contributed by atoms with van der Waals surface area (Å²) < 4.78 is 1.82. The summed E-state index contributed by atoms with van der Waals surface area (Å²) in [7, 11) is 2.04. The van der Waals surface area contributed by atoms with Crippen LogP contribution in [0.1, 0.15) is 43.1 Å². The molecule has 0 spiro atoms. The minimum absolute atomic E-state index is 0.105. The third-order valence-electron chi connectivity index (χ3n) is 4.05. The first-order valence-corrected chi connectivity index (χ1v) is 7.10. The molecule has 1 aromatic rings. The number of aliphatic carboxylic acids is 1. The number of aromatic nitrogens is 1. The van der Waals surface area contributed by atoms with Gasteiger partial charge in [-0.05, 0) is 32.0 Å². The van der Waals surface area contributed by atoms with Gasteiger partial charge in [-0.2, -0.15) is 0 Å². The number of fused-ring (bicyclic) bond motifs is 1. The van der Waals surface area contributed by atoms with Crippen molar-refractivity contribution in [1.29, 1.82) is 0 Å². The molecule has 2 heterocycles. The van der Waals surface area contributed by atoms with E-state index in [-0.39, 0.29) is 18.0 Å². The minimum atomic E-state index is -0.957. The summed E-state index contributed by atoms with van der Waals surface area (Å²) in [6.07, 6.45) is 1.50. The van der Waals surface area contributed by atoms with Crippen LogP contribution in [0.2, 0.25) is 0 Å². The van der Waals surface area contributed by atoms with E-state index in [9.17, 15) is 9.59 Å². The first-order valence-electron chi connectivity index (χ1n) is 7.10. The molecular weight excluding hydrogens is 256 g/mol. The Morgan fingerprint density at radius 1 is 1.50 bits per heavy atom. The van der Waals surface area contributed by atoms with Gasteiger partial charge < -0.3 is 14.6 Å². The number of pyridine rings is 1. The van der Waals surface area contributed by atoms with Crippen molar-refractivity contribution >= 4 is 5.97 Å². The van der Waals surface area contributed by atoms with Gasteiger partial charge in [-0.15, -0.1) is 0 Å². The summed E-state index contributed by atoms with van der Waals surface area (Å²) >= 11 is 0. The zero-order chi connectivity index (χ0) is 14.9. The van der Waals surface area contributed by atoms with Gasteiger partial charge in [-0.1, -0.05) is 6.92 Å². The fourth-order valence-corrected chi connectivity index (χ4v) is 2.81. The zero-order valence-electron chi connectivity index (χ0n) is 12.3. The summed E-state index contributed by atoms with van der Waals surface area (Å²) in [5.74, 6) is -0.957. The highest BCUT2D eigenvalue weighted by Crippen LogP contribution is 2.22. The average molecular weight is 278 g/mol. The van der Waals surface area contributed by atoms with Crippen molar-refractivity contribution in [2.24, 2.45) is 0 Å². The van der Waals surface area contributed by atoms with Crippen molar-refractivity contribution in [3.8, 4) is 0 Å². The van der Waals surface area contributed by atoms with E-state index >= 15 is 0 Å². The van der Waals surface area contributed by atoms with Crippen LogP contribution in [-0.4, -0.2) is 34.1 Å². The maximum Gasteiger partial charge on any atom is 0.308 e. The predicted molar refractivity (Wildman–Crippen MR) is 77.1 cm³/mol. The van der Waals surface area contributed by atoms with Crippen molar-refractivity contribution in [3.05, 3.63) is 33.2 Å². The Kier molecular flexibility index (Phi) is 4.28.